The second-order valence-corrected chi connectivity index (χ2v) is 4.25. The highest BCUT2D eigenvalue weighted by molar-refractivity contribution is 9.12. The van der Waals surface area contributed by atoms with Crippen molar-refractivity contribution in [2.45, 2.75) is 11.0 Å². The van der Waals surface area contributed by atoms with Gasteiger partial charge in [-0.15, -0.1) is 0 Å². The number of alkyl halides is 2. The van der Waals surface area contributed by atoms with Gasteiger partial charge in [-0.1, -0.05) is 28.1 Å². The first-order chi connectivity index (χ1) is 4.10. The average Bonchev–Trinajstić information content (AvgIpc) is 1.60. The van der Waals surface area contributed by atoms with E-state index in [9.17, 15) is 4.39 Å². The maximum absolute atomic E-state index is 12.9. The summed E-state index contributed by atoms with van der Waals surface area (Å²) in [5, 5.41) is 0. The molecule has 0 saturated carbocycles. The SMILES string of the molecule is FC1(Br)C=CC=C(Br)C1. The van der Waals surface area contributed by atoms with Gasteiger partial charge in [-0.05, 0) is 26.5 Å². The molecule has 0 spiro atoms. The molecule has 0 aliphatic heterocycles. The van der Waals surface area contributed by atoms with Crippen molar-refractivity contribution in [3.05, 3.63) is 22.7 Å². The van der Waals surface area contributed by atoms with Gasteiger partial charge in [0.05, 0.1) is 0 Å². The Kier molecular flexibility index (Phi) is 2.11. The fourth-order valence-electron chi connectivity index (χ4n) is 0.636. The van der Waals surface area contributed by atoms with Crippen molar-refractivity contribution >= 4 is 31.9 Å². The van der Waals surface area contributed by atoms with Crippen LogP contribution in [0.5, 0.6) is 0 Å². The highest BCUT2D eigenvalue weighted by Gasteiger charge is 2.24. The van der Waals surface area contributed by atoms with Gasteiger partial charge in [0.1, 0.15) is 0 Å². The number of rotatable bonds is 0. The molecule has 0 aromatic rings. The highest BCUT2D eigenvalue weighted by Crippen LogP contribution is 2.34. The van der Waals surface area contributed by atoms with E-state index >= 15 is 0 Å². The molecule has 1 unspecified atom stereocenters. The zero-order valence-electron chi connectivity index (χ0n) is 4.57. The summed E-state index contributed by atoms with van der Waals surface area (Å²) in [6, 6.07) is 0. The first-order valence-electron chi connectivity index (χ1n) is 2.52. The minimum absolute atomic E-state index is 0.378. The molecule has 0 N–H and O–H groups in total. The quantitative estimate of drug-likeness (QED) is 0.583. The van der Waals surface area contributed by atoms with E-state index in [2.05, 4.69) is 31.9 Å². The van der Waals surface area contributed by atoms with Gasteiger partial charge in [-0.3, -0.25) is 0 Å². The van der Waals surface area contributed by atoms with Crippen LogP contribution in [0.25, 0.3) is 0 Å². The summed E-state index contributed by atoms with van der Waals surface area (Å²) in [6.45, 7) is 0. The van der Waals surface area contributed by atoms with Gasteiger partial charge in [-0.25, -0.2) is 4.39 Å². The molecule has 0 bridgehead atoms. The van der Waals surface area contributed by atoms with E-state index in [4.69, 9.17) is 0 Å². The van der Waals surface area contributed by atoms with E-state index in [-0.39, 0.29) is 0 Å². The van der Waals surface area contributed by atoms with Crippen molar-refractivity contribution < 1.29 is 4.39 Å². The van der Waals surface area contributed by atoms with Crippen molar-refractivity contribution in [2.24, 2.45) is 0 Å². The van der Waals surface area contributed by atoms with Gasteiger partial charge in [0.25, 0.3) is 0 Å². The summed E-state index contributed by atoms with van der Waals surface area (Å²) >= 11 is 6.11. The Bertz CT molecular complexity index is 170. The Labute approximate surface area is 70.1 Å². The topological polar surface area (TPSA) is 0 Å². The molecule has 1 aliphatic carbocycles. The van der Waals surface area contributed by atoms with E-state index in [1.54, 1.807) is 6.08 Å². The lowest BCUT2D eigenvalue weighted by atomic mass is 10.2. The number of allylic oxidation sites excluding steroid dienone is 4. The molecule has 0 amide bonds. The van der Waals surface area contributed by atoms with E-state index in [1.165, 1.54) is 6.08 Å². The fraction of sp³-hybridized carbons (Fsp3) is 0.333. The van der Waals surface area contributed by atoms with Crippen LogP contribution in [-0.4, -0.2) is 4.58 Å². The van der Waals surface area contributed by atoms with Crippen LogP contribution < -0.4 is 0 Å². The second kappa shape index (κ2) is 2.54. The molecule has 0 nitrogen and oxygen atoms in total. The van der Waals surface area contributed by atoms with Crippen molar-refractivity contribution in [1.29, 1.82) is 0 Å². The van der Waals surface area contributed by atoms with Crippen LogP contribution in [0.1, 0.15) is 6.42 Å². The summed E-state index contributed by atoms with van der Waals surface area (Å²) in [4.78, 5) is 0. The molecular formula is C6H5Br2F. The minimum Gasteiger partial charge on any atom is -0.226 e. The molecule has 50 valence electrons. The average molecular weight is 256 g/mol. The standard InChI is InChI=1S/C6H5Br2F/c7-5-2-1-3-6(8,9)4-5/h1-3H,4H2. The van der Waals surface area contributed by atoms with Crippen LogP contribution in [0, 0.1) is 0 Å². The highest BCUT2D eigenvalue weighted by atomic mass is 79.9. The van der Waals surface area contributed by atoms with Crippen molar-refractivity contribution in [3.63, 3.8) is 0 Å². The fourth-order valence-corrected chi connectivity index (χ4v) is 2.03. The summed E-state index contributed by atoms with van der Waals surface area (Å²) < 4.78 is 12.4. The summed E-state index contributed by atoms with van der Waals surface area (Å²) in [5.41, 5.74) is 0. The molecule has 1 aliphatic rings. The lowest BCUT2D eigenvalue weighted by Crippen LogP contribution is -2.10. The summed E-state index contributed by atoms with van der Waals surface area (Å²) in [7, 11) is 0. The van der Waals surface area contributed by atoms with Crippen molar-refractivity contribution in [1.82, 2.24) is 0 Å². The predicted octanol–water partition coefficient (Wildman–Crippen LogP) is 3.29. The van der Waals surface area contributed by atoms with Crippen LogP contribution in [0.2, 0.25) is 0 Å². The molecule has 0 saturated heterocycles. The maximum atomic E-state index is 12.9. The Balaban J connectivity index is 2.73. The lowest BCUT2D eigenvalue weighted by Gasteiger charge is -2.15. The normalized spacial score (nSPS) is 34.3. The predicted molar refractivity (Wildman–Crippen MR) is 43.5 cm³/mol. The largest absolute Gasteiger partial charge is 0.226 e. The Morgan fingerprint density at radius 1 is 1.67 bits per heavy atom. The van der Waals surface area contributed by atoms with Gasteiger partial charge in [-0.2, -0.15) is 0 Å². The molecular weight excluding hydrogens is 251 g/mol. The first kappa shape index (κ1) is 7.48. The number of hydrogen-bond acceptors (Lipinski definition) is 0. The van der Waals surface area contributed by atoms with Gasteiger partial charge < -0.3 is 0 Å². The molecule has 0 aromatic heterocycles. The minimum atomic E-state index is -1.33. The van der Waals surface area contributed by atoms with Crippen LogP contribution in [0.3, 0.4) is 0 Å². The molecule has 0 aromatic carbocycles. The van der Waals surface area contributed by atoms with Crippen LogP contribution in [0.15, 0.2) is 22.7 Å². The van der Waals surface area contributed by atoms with Gasteiger partial charge >= 0.3 is 0 Å². The smallest absolute Gasteiger partial charge is 0.188 e. The molecule has 0 heterocycles. The van der Waals surface area contributed by atoms with Crippen LogP contribution in [0.4, 0.5) is 4.39 Å². The number of hydrogen-bond donors (Lipinski definition) is 0. The third-order valence-electron chi connectivity index (χ3n) is 1.02. The first-order valence-corrected chi connectivity index (χ1v) is 4.10. The molecule has 0 fully saturated rings. The van der Waals surface area contributed by atoms with Gasteiger partial charge in [0.15, 0.2) is 4.58 Å². The summed E-state index contributed by atoms with van der Waals surface area (Å²) in [6.07, 6.45) is 5.38. The third-order valence-corrected chi connectivity index (χ3v) is 2.11. The van der Waals surface area contributed by atoms with E-state index in [0.29, 0.717) is 6.42 Å². The van der Waals surface area contributed by atoms with E-state index in [0.717, 1.165) is 4.48 Å². The Morgan fingerprint density at radius 2 is 2.33 bits per heavy atom. The zero-order chi connectivity index (χ0) is 6.91. The molecule has 9 heavy (non-hydrogen) atoms. The van der Waals surface area contributed by atoms with Crippen molar-refractivity contribution in [3.8, 4) is 0 Å². The van der Waals surface area contributed by atoms with Crippen LogP contribution in [-0.2, 0) is 0 Å². The van der Waals surface area contributed by atoms with E-state index in [1.807, 2.05) is 6.08 Å². The van der Waals surface area contributed by atoms with E-state index < -0.39 is 4.58 Å². The zero-order valence-corrected chi connectivity index (χ0v) is 7.75. The molecule has 3 heteroatoms. The summed E-state index contributed by atoms with van der Waals surface area (Å²) in [5.74, 6) is 0. The Hall–Kier alpha value is 0.370. The van der Waals surface area contributed by atoms with Crippen LogP contribution >= 0.6 is 31.9 Å². The van der Waals surface area contributed by atoms with Gasteiger partial charge in [0.2, 0.25) is 0 Å². The molecule has 1 atom stereocenters. The van der Waals surface area contributed by atoms with Gasteiger partial charge in [0, 0.05) is 6.42 Å². The second-order valence-electron chi connectivity index (χ2n) is 1.91. The lowest BCUT2D eigenvalue weighted by molar-refractivity contribution is 0.366. The third kappa shape index (κ3) is 2.22. The number of halogens is 3. The monoisotopic (exact) mass is 254 g/mol. The van der Waals surface area contributed by atoms with Crippen molar-refractivity contribution in [2.75, 3.05) is 0 Å². The Morgan fingerprint density at radius 3 is 2.67 bits per heavy atom. The maximum Gasteiger partial charge on any atom is 0.188 e. The molecule has 1 rings (SSSR count). The molecule has 0 radical (unpaired) electrons.